The first-order chi connectivity index (χ1) is 8.60. The van der Waals surface area contributed by atoms with Crippen molar-refractivity contribution in [3.05, 3.63) is 41.5 Å². The summed E-state index contributed by atoms with van der Waals surface area (Å²) in [7, 11) is 3.97. The zero-order valence-corrected chi connectivity index (χ0v) is 11.6. The molecule has 0 spiro atoms. The van der Waals surface area contributed by atoms with Gasteiger partial charge in [0.2, 0.25) is 0 Å². The molecule has 5 heteroatoms. The first kappa shape index (κ1) is 12.9. The highest BCUT2D eigenvalue weighted by Gasteiger charge is 2.09. The van der Waals surface area contributed by atoms with Crippen LogP contribution in [0.15, 0.2) is 24.7 Å². The van der Waals surface area contributed by atoms with Crippen molar-refractivity contribution in [1.82, 2.24) is 14.8 Å². The van der Waals surface area contributed by atoms with E-state index >= 15 is 0 Å². The van der Waals surface area contributed by atoms with Crippen LogP contribution in [0.3, 0.4) is 0 Å². The van der Waals surface area contributed by atoms with E-state index in [9.17, 15) is 0 Å². The fourth-order valence-electron chi connectivity index (χ4n) is 1.94. The molecular formula is C13H17ClN4. The molecule has 2 aromatic rings. The molecule has 0 bridgehead atoms. The van der Waals surface area contributed by atoms with Crippen LogP contribution in [0, 0.1) is 6.92 Å². The summed E-state index contributed by atoms with van der Waals surface area (Å²) in [6.45, 7) is 2.79. The van der Waals surface area contributed by atoms with Crippen LogP contribution in [-0.2, 0) is 19.5 Å². The standard InChI is InChI=1S/C13H17ClN4/c1-10-4-13(12(5-14)7-15-10)17(2)8-11-6-16-18(3)9-11/h4,6-7,9H,5,8H2,1-3H3. The average Bonchev–Trinajstić information content (AvgIpc) is 2.74. The Morgan fingerprint density at radius 1 is 1.39 bits per heavy atom. The Morgan fingerprint density at radius 2 is 2.17 bits per heavy atom. The molecule has 2 aromatic heterocycles. The summed E-state index contributed by atoms with van der Waals surface area (Å²) < 4.78 is 1.81. The third kappa shape index (κ3) is 2.82. The monoisotopic (exact) mass is 264 g/mol. The molecule has 0 aliphatic carbocycles. The van der Waals surface area contributed by atoms with Gasteiger partial charge in [0.05, 0.1) is 12.1 Å². The van der Waals surface area contributed by atoms with Crippen molar-refractivity contribution in [1.29, 1.82) is 0 Å². The van der Waals surface area contributed by atoms with Gasteiger partial charge in [-0.1, -0.05) is 0 Å². The van der Waals surface area contributed by atoms with E-state index in [2.05, 4.69) is 28.1 Å². The van der Waals surface area contributed by atoms with Crippen molar-refractivity contribution in [2.45, 2.75) is 19.3 Å². The summed E-state index contributed by atoms with van der Waals surface area (Å²) in [5, 5.41) is 4.18. The maximum Gasteiger partial charge on any atom is 0.0539 e. The van der Waals surface area contributed by atoms with E-state index < -0.39 is 0 Å². The summed E-state index contributed by atoms with van der Waals surface area (Å²) in [4.78, 5) is 6.45. The largest absolute Gasteiger partial charge is 0.370 e. The Hall–Kier alpha value is -1.55. The lowest BCUT2D eigenvalue weighted by atomic mass is 10.2. The second-order valence-electron chi connectivity index (χ2n) is 4.47. The predicted octanol–water partition coefficient (Wildman–Crippen LogP) is 2.50. The smallest absolute Gasteiger partial charge is 0.0539 e. The predicted molar refractivity (Wildman–Crippen MR) is 73.8 cm³/mol. The van der Waals surface area contributed by atoms with Gasteiger partial charge < -0.3 is 4.90 Å². The lowest BCUT2D eigenvalue weighted by molar-refractivity contribution is 0.766. The average molecular weight is 265 g/mol. The van der Waals surface area contributed by atoms with Crippen LogP contribution < -0.4 is 4.90 Å². The number of pyridine rings is 1. The van der Waals surface area contributed by atoms with Gasteiger partial charge in [-0.25, -0.2) is 0 Å². The normalized spacial score (nSPS) is 10.7. The third-order valence-electron chi connectivity index (χ3n) is 2.83. The SMILES string of the molecule is Cc1cc(N(C)Cc2cnn(C)c2)c(CCl)cn1. The van der Waals surface area contributed by atoms with Gasteiger partial charge in [-0.3, -0.25) is 9.67 Å². The highest BCUT2D eigenvalue weighted by molar-refractivity contribution is 6.17. The number of rotatable bonds is 4. The van der Waals surface area contributed by atoms with Crippen LogP contribution in [-0.4, -0.2) is 21.8 Å². The summed E-state index contributed by atoms with van der Waals surface area (Å²) in [5.41, 5.74) is 4.35. The number of alkyl halides is 1. The molecular weight excluding hydrogens is 248 g/mol. The van der Waals surface area contributed by atoms with Gasteiger partial charge in [-0.2, -0.15) is 5.10 Å². The number of anilines is 1. The van der Waals surface area contributed by atoms with Crippen LogP contribution in [0.2, 0.25) is 0 Å². The fraction of sp³-hybridized carbons (Fsp3) is 0.385. The molecule has 2 heterocycles. The van der Waals surface area contributed by atoms with Crippen molar-refractivity contribution in [2.24, 2.45) is 7.05 Å². The van der Waals surface area contributed by atoms with Gasteiger partial charge in [-0.15, -0.1) is 11.6 Å². The topological polar surface area (TPSA) is 34.0 Å². The number of hydrogen-bond acceptors (Lipinski definition) is 3. The Kier molecular flexibility index (Phi) is 3.87. The first-order valence-electron chi connectivity index (χ1n) is 5.80. The zero-order valence-electron chi connectivity index (χ0n) is 10.9. The van der Waals surface area contributed by atoms with E-state index in [0.717, 1.165) is 23.5 Å². The highest BCUT2D eigenvalue weighted by Crippen LogP contribution is 2.22. The number of halogens is 1. The van der Waals surface area contributed by atoms with Crippen molar-refractivity contribution in [2.75, 3.05) is 11.9 Å². The molecule has 0 amide bonds. The number of aromatic nitrogens is 3. The number of aryl methyl sites for hydroxylation is 2. The van der Waals surface area contributed by atoms with Crippen molar-refractivity contribution in [3.63, 3.8) is 0 Å². The van der Waals surface area contributed by atoms with E-state index in [1.165, 1.54) is 5.56 Å². The quantitative estimate of drug-likeness (QED) is 0.796. The van der Waals surface area contributed by atoms with E-state index in [0.29, 0.717) is 5.88 Å². The van der Waals surface area contributed by atoms with Gasteiger partial charge in [-0.05, 0) is 13.0 Å². The van der Waals surface area contributed by atoms with Gasteiger partial charge in [0.15, 0.2) is 0 Å². The van der Waals surface area contributed by atoms with E-state index in [4.69, 9.17) is 11.6 Å². The second kappa shape index (κ2) is 5.40. The fourth-order valence-corrected chi connectivity index (χ4v) is 2.15. The minimum atomic E-state index is 0.472. The molecule has 0 N–H and O–H groups in total. The van der Waals surface area contributed by atoms with Crippen LogP contribution >= 0.6 is 11.6 Å². The Bertz CT molecular complexity index is 536. The third-order valence-corrected chi connectivity index (χ3v) is 3.12. The molecule has 18 heavy (non-hydrogen) atoms. The number of hydrogen-bond donors (Lipinski definition) is 0. The number of nitrogens with zero attached hydrogens (tertiary/aromatic N) is 4. The summed E-state index contributed by atoms with van der Waals surface area (Å²) in [5.74, 6) is 0.472. The summed E-state index contributed by atoms with van der Waals surface area (Å²) in [6, 6.07) is 2.06. The molecule has 0 unspecified atom stereocenters. The van der Waals surface area contributed by atoms with Crippen molar-refractivity contribution < 1.29 is 0 Å². The van der Waals surface area contributed by atoms with E-state index in [1.54, 1.807) is 0 Å². The molecule has 2 rings (SSSR count). The van der Waals surface area contributed by atoms with Crippen LogP contribution in [0.25, 0.3) is 0 Å². The van der Waals surface area contributed by atoms with Crippen LogP contribution in [0.5, 0.6) is 0 Å². The second-order valence-corrected chi connectivity index (χ2v) is 4.73. The molecule has 0 radical (unpaired) electrons. The van der Waals surface area contributed by atoms with Crippen molar-refractivity contribution in [3.8, 4) is 0 Å². The molecule has 0 fully saturated rings. The summed E-state index contributed by atoms with van der Waals surface area (Å²) >= 11 is 5.95. The molecule has 0 aliphatic heterocycles. The first-order valence-corrected chi connectivity index (χ1v) is 6.33. The maximum atomic E-state index is 5.95. The lowest BCUT2D eigenvalue weighted by Gasteiger charge is -2.21. The molecule has 0 atom stereocenters. The van der Waals surface area contributed by atoms with Crippen LogP contribution in [0.4, 0.5) is 5.69 Å². The van der Waals surface area contributed by atoms with Gasteiger partial charge >= 0.3 is 0 Å². The molecule has 4 nitrogen and oxygen atoms in total. The summed E-state index contributed by atoms with van der Waals surface area (Å²) in [6.07, 6.45) is 5.74. The minimum absolute atomic E-state index is 0.472. The van der Waals surface area contributed by atoms with E-state index in [1.807, 2.05) is 37.2 Å². The van der Waals surface area contributed by atoms with Gasteiger partial charge in [0.25, 0.3) is 0 Å². The Labute approximate surface area is 112 Å². The lowest BCUT2D eigenvalue weighted by Crippen LogP contribution is -2.18. The highest BCUT2D eigenvalue weighted by atomic mass is 35.5. The maximum absolute atomic E-state index is 5.95. The van der Waals surface area contributed by atoms with Crippen LogP contribution in [0.1, 0.15) is 16.8 Å². The molecule has 0 saturated heterocycles. The van der Waals surface area contributed by atoms with Crippen molar-refractivity contribution >= 4 is 17.3 Å². The zero-order chi connectivity index (χ0) is 13.1. The van der Waals surface area contributed by atoms with E-state index in [-0.39, 0.29) is 0 Å². The molecule has 0 aromatic carbocycles. The Morgan fingerprint density at radius 3 is 2.78 bits per heavy atom. The molecule has 0 aliphatic rings. The van der Waals surface area contributed by atoms with Gasteiger partial charge in [0, 0.05) is 55.5 Å². The minimum Gasteiger partial charge on any atom is -0.370 e. The molecule has 0 saturated carbocycles. The Balaban J connectivity index is 2.22. The molecule has 96 valence electrons. The van der Waals surface area contributed by atoms with Gasteiger partial charge in [0.1, 0.15) is 0 Å².